The SMILES string of the molecule is Nc1nnc(S(N)(=O)=O)s1.[NaH]. The zero-order chi connectivity index (χ0) is 7.78. The van der Waals surface area contributed by atoms with E-state index in [-0.39, 0.29) is 39.0 Å². The molecule has 1 aromatic heterocycles. The van der Waals surface area contributed by atoms with Crippen molar-refractivity contribution in [3.63, 3.8) is 0 Å². The summed E-state index contributed by atoms with van der Waals surface area (Å²) in [7, 11) is -3.72. The van der Waals surface area contributed by atoms with Gasteiger partial charge in [-0.05, 0) is 0 Å². The molecule has 0 radical (unpaired) electrons. The maximum atomic E-state index is 10.5. The van der Waals surface area contributed by atoms with E-state index in [1.54, 1.807) is 0 Å². The van der Waals surface area contributed by atoms with Crippen LogP contribution in [0, 0.1) is 0 Å². The van der Waals surface area contributed by atoms with Gasteiger partial charge in [0.2, 0.25) is 9.47 Å². The van der Waals surface area contributed by atoms with Gasteiger partial charge in [0.1, 0.15) is 0 Å². The van der Waals surface area contributed by atoms with Crippen LogP contribution in [0.25, 0.3) is 0 Å². The fourth-order valence-electron chi connectivity index (χ4n) is 0.335. The molecule has 0 saturated carbocycles. The molecule has 0 aliphatic heterocycles. The summed E-state index contributed by atoms with van der Waals surface area (Å²) in [6, 6.07) is 0. The van der Waals surface area contributed by atoms with Crippen molar-refractivity contribution in [1.82, 2.24) is 10.2 Å². The average Bonchev–Trinajstić information content (AvgIpc) is 2.11. The molecule has 0 amide bonds. The van der Waals surface area contributed by atoms with Gasteiger partial charge < -0.3 is 5.73 Å². The summed E-state index contributed by atoms with van der Waals surface area (Å²) in [5, 5.41) is 11.3. The van der Waals surface area contributed by atoms with E-state index >= 15 is 0 Å². The van der Waals surface area contributed by atoms with Gasteiger partial charge in [0.05, 0.1) is 0 Å². The first-order valence-electron chi connectivity index (χ1n) is 2.12. The quantitative estimate of drug-likeness (QED) is 0.520. The molecule has 4 N–H and O–H groups in total. The Morgan fingerprint density at radius 3 is 2.09 bits per heavy atom. The van der Waals surface area contributed by atoms with Crippen LogP contribution in [0.1, 0.15) is 0 Å². The summed E-state index contributed by atoms with van der Waals surface area (Å²) in [5.41, 5.74) is 5.10. The van der Waals surface area contributed by atoms with Gasteiger partial charge in [-0.25, -0.2) is 13.6 Å². The van der Waals surface area contributed by atoms with Crippen molar-refractivity contribution < 1.29 is 8.42 Å². The van der Waals surface area contributed by atoms with Gasteiger partial charge in [0, 0.05) is 0 Å². The van der Waals surface area contributed by atoms with Gasteiger partial charge in [0.15, 0.2) is 0 Å². The topological polar surface area (TPSA) is 112 Å². The van der Waals surface area contributed by atoms with Crippen molar-refractivity contribution in [1.29, 1.82) is 0 Å². The number of nitrogens with zero attached hydrogens (tertiary/aromatic N) is 2. The molecule has 58 valence electrons. The van der Waals surface area contributed by atoms with E-state index < -0.39 is 10.0 Å². The fraction of sp³-hybridized carbons (Fsp3) is 0. The minimum atomic E-state index is -3.72. The Morgan fingerprint density at radius 1 is 1.36 bits per heavy atom. The predicted molar refractivity (Wildman–Crippen MR) is 42.8 cm³/mol. The summed E-state index contributed by atoms with van der Waals surface area (Å²) in [5.74, 6) is 0. The van der Waals surface area contributed by atoms with Gasteiger partial charge in [-0.3, -0.25) is 0 Å². The molecule has 0 unspecified atom stereocenters. The van der Waals surface area contributed by atoms with Crippen LogP contribution in [0.2, 0.25) is 0 Å². The standard InChI is InChI=1S/C2H4N4O2S2.Na.H/c3-1-5-6-2(9-1)10(4,7)8;;/h(H2,3,5)(H2,4,7,8);;. The molecule has 0 aromatic carbocycles. The van der Waals surface area contributed by atoms with E-state index in [2.05, 4.69) is 10.2 Å². The third-order valence-electron chi connectivity index (χ3n) is 0.665. The number of aromatic nitrogens is 2. The summed E-state index contributed by atoms with van der Waals surface area (Å²) < 4.78 is 20.7. The average molecular weight is 204 g/mol. The molecule has 0 aliphatic rings. The van der Waals surface area contributed by atoms with Crippen molar-refractivity contribution >= 4 is 56.0 Å². The molecule has 1 rings (SSSR count). The molecule has 0 fully saturated rings. The number of anilines is 1. The van der Waals surface area contributed by atoms with Crippen molar-refractivity contribution in [2.24, 2.45) is 5.14 Å². The van der Waals surface area contributed by atoms with Gasteiger partial charge >= 0.3 is 29.6 Å². The first-order valence-corrected chi connectivity index (χ1v) is 4.48. The van der Waals surface area contributed by atoms with E-state index in [9.17, 15) is 8.42 Å². The van der Waals surface area contributed by atoms with Crippen molar-refractivity contribution in [3.05, 3.63) is 0 Å². The molecule has 0 bridgehead atoms. The van der Waals surface area contributed by atoms with Crippen LogP contribution in [-0.4, -0.2) is 48.2 Å². The first kappa shape index (κ1) is 11.3. The number of rotatable bonds is 1. The Bertz CT molecular complexity index is 332. The zero-order valence-corrected chi connectivity index (χ0v) is 6.32. The van der Waals surface area contributed by atoms with Crippen LogP contribution in [-0.2, 0) is 10.0 Å². The zero-order valence-electron chi connectivity index (χ0n) is 4.68. The second-order valence-electron chi connectivity index (χ2n) is 1.45. The van der Waals surface area contributed by atoms with E-state index in [4.69, 9.17) is 10.9 Å². The molecular weight excluding hydrogens is 199 g/mol. The Morgan fingerprint density at radius 2 is 1.91 bits per heavy atom. The number of sulfonamides is 1. The Balaban J connectivity index is 0.000001000. The maximum absolute atomic E-state index is 10.5. The third kappa shape index (κ3) is 3.01. The summed E-state index contributed by atoms with van der Waals surface area (Å²) >= 11 is 0.737. The fourth-order valence-corrected chi connectivity index (χ4v) is 1.55. The molecular formula is C2H5N4NaO2S2. The Kier molecular flexibility index (Phi) is 3.88. The van der Waals surface area contributed by atoms with Crippen LogP contribution < -0.4 is 10.9 Å². The Labute approximate surface area is 89.3 Å². The minimum absolute atomic E-state index is 0. The van der Waals surface area contributed by atoms with E-state index in [1.165, 1.54) is 0 Å². The Hall–Kier alpha value is 0.270. The third-order valence-corrected chi connectivity index (χ3v) is 2.73. The number of primary sulfonamides is 1. The van der Waals surface area contributed by atoms with Crippen LogP contribution in [0.15, 0.2) is 4.34 Å². The molecule has 9 heteroatoms. The number of hydrogen-bond acceptors (Lipinski definition) is 6. The van der Waals surface area contributed by atoms with E-state index in [1.807, 2.05) is 0 Å². The van der Waals surface area contributed by atoms with Gasteiger partial charge in [0.25, 0.3) is 10.0 Å². The summed E-state index contributed by atoms with van der Waals surface area (Å²) in [6.07, 6.45) is 0. The van der Waals surface area contributed by atoms with E-state index in [0.717, 1.165) is 11.3 Å². The van der Waals surface area contributed by atoms with Crippen LogP contribution in [0.3, 0.4) is 0 Å². The molecule has 0 spiro atoms. The van der Waals surface area contributed by atoms with Crippen molar-refractivity contribution in [2.75, 3.05) is 5.73 Å². The van der Waals surface area contributed by atoms with Crippen LogP contribution >= 0.6 is 11.3 Å². The van der Waals surface area contributed by atoms with Crippen molar-refractivity contribution in [3.8, 4) is 0 Å². The summed E-state index contributed by atoms with van der Waals surface area (Å²) in [6.45, 7) is 0. The second kappa shape index (κ2) is 3.78. The molecule has 1 heterocycles. The summed E-state index contributed by atoms with van der Waals surface area (Å²) in [4.78, 5) is 0. The monoisotopic (exact) mass is 204 g/mol. The molecule has 0 saturated heterocycles. The second-order valence-corrected chi connectivity index (χ2v) is 4.20. The van der Waals surface area contributed by atoms with Crippen molar-refractivity contribution in [2.45, 2.75) is 4.34 Å². The van der Waals surface area contributed by atoms with Crippen LogP contribution in [0.5, 0.6) is 0 Å². The number of hydrogen-bond donors (Lipinski definition) is 2. The molecule has 1 aromatic rings. The first-order chi connectivity index (χ1) is 4.50. The molecule has 11 heavy (non-hydrogen) atoms. The predicted octanol–water partition coefficient (Wildman–Crippen LogP) is -1.88. The van der Waals surface area contributed by atoms with Gasteiger partial charge in [-0.2, -0.15) is 0 Å². The number of nitrogens with two attached hydrogens (primary N) is 2. The molecule has 0 aliphatic carbocycles. The normalized spacial score (nSPS) is 10.6. The van der Waals surface area contributed by atoms with E-state index in [0.29, 0.717) is 0 Å². The molecule has 6 nitrogen and oxygen atoms in total. The van der Waals surface area contributed by atoms with Gasteiger partial charge in [-0.15, -0.1) is 10.2 Å². The van der Waals surface area contributed by atoms with Gasteiger partial charge in [-0.1, -0.05) is 11.3 Å². The number of nitrogen functional groups attached to an aromatic ring is 1. The van der Waals surface area contributed by atoms with Crippen LogP contribution in [0.4, 0.5) is 5.13 Å². The molecule has 0 atom stereocenters.